The summed E-state index contributed by atoms with van der Waals surface area (Å²) in [6.07, 6.45) is 1.66. The van der Waals surface area contributed by atoms with Crippen molar-refractivity contribution in [2.75, 3.05) is 12.4 Å². The molecule has 0 radical (unpaired) electrons. The standard InChI is InChI=1S/C14H13BrF2N2O2/c1-20-11-5-4-9(7-12(11)21-14(16)17)8-19-10-3-2-6-18-13(10)15/h2-7,14,19H,8H2,1H3. The molecule has 1 aromatic heterocycles. The number of halogens is 3. The lowest BCUT2D eigenvalue weighted by Gasteiger charge is -2.12. The Morgan fingerprint density at radius 2 is 2.10 bits per heavy atom. The van der Waals surface area contributed by atoms with Crippen LogP contribution in [0.15, 0.2) is 41.1 Å². The Hall–Kier alpha value is -1.89. The first-order valence-electron chi connectivity index (χ1n) is 6.06. The molecule has 0 aliphatic carbocycles. The average Bonchev–Trinajstić information content (AvgIpc) is 2.46. The molecule has 2 aromatic rings. The lowest BCUT2D eigenvalue weighted by Crippen LogP contribution is -2.05. The summed E-state index contributed by atoms with van der Waals surface area (Å²) in [6.45, 7) is -2.46. The van der Waals surface area contributed by atoms with E-state index in [0.717, 1.165) is 11.3 Å². The van der Waals surface area contributed by atoms with Gasteiger partial charge < -0.3 is 14.8 Å². The molecule has 0 saturated carbocycles. The van der Waals surface area contributed by atoms with Crippen LogP contribution in [0.5, 0.6) is 11.5 Å². The van der Waals surface area contributed by atoms with Gasteiger partial charge in [-0.2, -0.15) is 8.78 Å². The second-order valence-corrected chi connectivity index (χ2v) is 4.81. The van der Waals surface area contributed by atoms with Gasteiger partial charge in [-0.25, -0.2) is 4.98 Å². The second-order valence-electron chi connectivity index (χ2n) is 4.06. The molecule has 21 heavy (non-hydrogen) atoms. The van der Waals surface area contributed by atoms with E-state index in [1.54, 1.807) is 24.4 Å². The van der Waals surface area contributed by atoms with Gasteiger partial charge in [0.25, 0.3) is 0 Å². The normalized spacial score (nSPS) is 10.5. The van der Waals surface area contributed by atoms with Crippen molar-refractivity contribution in [2.24, 2.45) is 0 Å². The fourth-order valence-corrected chi connectivity index (χ4v) is 2.12. The minimum absolute atomic E-state index is 0.0112. The molecule has 0 bridgehead atoms. The van der Waals surface area contributed by atoms with Gasteiger partial charge in [0.1, 0.15) is 4.60 Å². The van der Waals surface area contributed by atoms with Crippen LogP contribution in [0.3, 0.4) is 0 Å². The van der Waals surface area contributed by atoms with Gasteiger partial charge in [0, 0.05) is 12.7 Å². The number of pyridine rings is 1. The molecule has 4 nitrogen and oxygen atoms in total. The number of ether oxygens (including phenoxy) is 2. The molecule has 0 aliphatic rings. The molecular formula is C14H13BrF2N2O2. The highest BCUT2D eigenvalue weighted by Crippen LogP contribution is 2.30. The van der Waals surface area contributed by atoms with Crippen molar-refractivity contribution in [2.45, 2.75) is 13.2 Å². The lowest BCUT2D eigenvalue weighted by molar-refractivity contribution is -0.0512. The Morgan fingerprint density at radius 3 is 2.76 bits per heavy atom. The SMILES string of the molecule is COc1ccc(CNc2cccnc2Br)cc1OC(F)F. The Balaban J connectivity index is 2.12. The van der Waals surface area contributed by atoms with E-state index in [1.165, 1.54) is 13.2 Å². The van der Waals surface area contributed by atoms with Crippen LogP contribution in [0.1, 0.15) is 5.56 Å². The van der Waals surface area contributed by atoms with E-state index in [9.17, 15) is 8.78 Å². The molecule has 1 aromatic carbocycles. The molecule has 0 aliphatic heterocycles. The van der Waals surface area contributed by atoms with Crippen LogP contribution in [0.4, 0.5) is 14.5 Å². The quantitative estimate of drug-likeness (QED) is 0.790. The third kappa shape index (κ3) is 4.29. The van der Waals surface area contributed by atoms with Gasteiger partial charge in [-0.1, -0.05) is 6.07 Å². The van der Waals surface area contributed by atoms with Gasteiger partial charge in [-0.15, -0.1) is 0 Å². The third-order valence-electron chi connectivity index (χ3n) is 2.69. The number of anilines is 1. The first-order valence-corrected chi connectivity index (χ1v) is 6.85. The van der Waals surface area contributed by atoms with E-state index in [1.807, 2.05) is 6.07 Å². The van der Waals surface area contributed by atoms with Crippen LogP contribution in [0.2, 0.25) is 0 Å². The zero-order valence-corrected chi connectivity index (χ0v) is 12.7. The molecule has 0 amide bonds. The van der Waals surface area contributed by atoms with E-state index < -0.39 is 6.61 Å². The van der Waals surface area contributed by atoms with Gasteiger partial charge >= 0.3 is 6.61 Å². The predicted molar refractivity (Wildman–Crippen MR) is 78.9 cm³/mol. The van der Waals surface area contributed by atoms with Crippen molar-refractivity contribution in [3.8, 4) is 11.5 Å². The molecule has 0 atom stereocenters. The molecule has 0 unspecified atom stereocenters. The summed E-state index contributed by atoms with van der Waals surface area (Å²) in [4.78, 5) is 4.09. The Morgan fingerprint density at radius 1 is 1.29 bits per heavy atom. The van der Waals surface area contributed by atoms with Crippen LogP contribution in [-0.2, 0) is 6.54 Å². The predicted octanol–water partition coefficient (Wildman–Crippen LogP) is 4.07. The summed E-state index contributed by atoms with van der Waals surface area (Å²) in [5.74, 6) is 0.277. The van der Waals surface area contributed by atoms with Crippen molar-refractivity contribution < 1.29 is 18.3 Å². The summed E-state index contributed by atoms with van der Waals surface area (Å²) in [7, 11) is 1.40. The highest BCUT2D eigenvalue weighted by atomic mass is 79.9. The van der Waals surface area contributed by atoms with E-state index in [2.05, 4.69) is 31.0 Å². The summed E-state index contributed by atoms with van der Waals surface area (Å²) >= 11 is 3.32. The van der Waals surface area contributed by atoms with E-state index in [4.69, 9.17) is 4.74 Å². The molecule has 112 valence electrons. The molecule has 0 spiro atoms. The summed E-state index contributed by atoms with van der Waals surface area (Å²) in [5, 5.41) is 3.15. The fourth-order valence-electron chi connectivity index (χ4n) is 1.73. The number of methoxy groups -OCH3 is 1. The van der Waals surface area contributed by atoms with Crippen LogP contribution in [0.25, 0.3) is 0 Å². The third-order valence-corrected chi connectivity index (χ3v) is 3.32. The molecule has 1 N–H and O–H groups in total. The van der Waals surface area contributed by atoms with E-state index in [0.29, 0.717) is 11.1 Å². The molecule has 7 heteroatoms. The maximum Gasteiger partial charge on any atom is 0.387 e. The first kappa shape index (κ1) is 15.5. The van der Waals surface area contributed by atoms with Crippen molar-refractivity contribution in [3.05, 3.63) is 46.7 Å². The van der Waals surface area contributed by atoms with Gasteiger partial charge in [-0.3, -0.25) is 0 Å². The summed E-state index contributed by atoms with van der Waals surface area (Å²) in [5.41, 5.74) is 1.59. The number of rotatable bonds is 6. The zero-order valence-electron chi connectivity index (χ0n) is 11.1. The van der Waals surface area contributed by atoms with Crippen molar-refractivity contribution in [3.63, 3.8) is 0 Å². The molecule has 2 rings (SSSR count). The molecule has 1 heterocycles. The van der Waals surface area contributed by atoms with Crippen LogP contribution in [0, 0.1) is 0 Å². The number of aromatic nitrogens is 1. The smallest absolute Gasteiger partial charge is 0.387 e. The van der Waals surface area contributed by atoms with E-state index >= 15 is 0 Å². The fraction of sp³-hybridized carbons (Fsp3) is 0.214. The monoisotopic (exact) mass is 358 g/mol. The molecular weight excluding hydrogens is 346 g/mol. The number of alkyl halides is 2. The van der Waals surface area contributed by atoms with Crippen molar-refractivity contribution >= 4 is 21.6 Å². The average molecular weight is 359 g/mol. The minimum atomic E-state index is -2.89. The maximum atomic E-state index is 12.4. The number of hydrogen-bond donors (Lipinski definition) is 1. The van der Waals surface area contributed by atoms with Gasteiger partial charge in [0.05, 0.1) is 12.8 Å². The van der Waals surface area contributed by atoms with E-state index in [-0.39, 0.29) is 11.5 Å². The number of benzene rings is 1. The minimum Gasteiger partial charge on any atom is -0.493 e. The topological polar surface area (TPSA) is 43.4 Å². The summed E-state index contributed by atoms with van der Waals surface area (Å²) in [6, 6.07) is 8.54. The molecule has 0 saturated heterocycles. The van der Waals surface area contributed by atoms with Crippen LogP contribution < -0.4 is 14.8 Å². The Labute approximate surface area is 129 Å². The van der Waals surface area contributed by atoms with Crippen LogP contribution >= 0.6 is 15.9 Å². The Bertz CT molecular complexity index is 611. The largest absolute Gasteiger partial charge is 0.493 e. The van der Waals surface area contributed by atoms with Crippen LogP contribution in [-0.4, -0.2) is 18.7 Å². The number of nitrogens with zero attached hydrogens (tertiary/aromatic N) is 1. The maximum absolute atomic E-state index is 12.4. The first-order chi connectivity index (χ1) is 10.1. The van der Waals surface area contributed by atoms with Crippen molar-refractivity contribution in [1.82, 2.24) is 4.98 Å². The highest BCUT2D eigenvalue weighted by molar-refractivity contribution is 9.10. The second kappa shape index (κ2) is 7.21. The van der Waals surface area contributed by atoms with Gasteiger partial charge in [0.2, 0.25) is 0 Å². The Kier molecular flexibility index (Phi) is 5.32. The highest BCUT2D eigenvalue weighted by Gasteiger charge is 2.11. The number of nitrogens with one attached hydrogen (secondary N) is 1. The zero-order chi connectivity index (χ0) is 15.2. The summed E-state index contributed by atoms with van der Waals surface area (Å²) < 4.78 is 34.8. The number of hydrogen-bond acceptors (Lipinski definition) is 4. The van der Waals surface area contributed by atoms with Crippen molar-refractivity contribution in [1.29, 1.82) is 0 Å². The molecule has 0 fully saturated rings. The van der Waals surface area contributed by atoms with Gasteiger partial charge in [-0.05, 0) is 45.8 Å². The lowest BCUT2D eigenvalue weighted by atomic mass is 10.2. The van der Waals surface area contributed by atoms with Gasteiger partial charge in [0.15, 0.2) is 11.5 Å².